The van der Waals surface area contributed by atoms with Crippen LogP contribution in [-0.2, 0) is 19.6 Å². The molecule has 0 radical (unpaired) electrons. The Morgan fingerprint density at radius 1 is 1.00 bits per heavy atom. The van der Waals surface area contributed by atoms with Crippen LogP contribution >= 0.6 is 0 Å². The van der Waals surface area contributed by atoms with Crippen molar-refractivity contribution in [3.05, 3.63) is 47.5 Å². The number of methoxy groups -OCH3 is 2. The number of amides is 1. The van der Waals surface area contributed by atoms with Crippen LogP contribution in [0.15, 0.2) is 41.3 Å². The van der Waals surface area contributed by atoms with Gasteiger partial charge in [0, 0.05) is 18.8 Å². The highest BCUT2D eigenvalue weighted by Crippen LogP contribution is 2.29. The first-order chi connectivity index (χ1) is 15.2. The van der Waals surface area contributed by atoms with Crippen molar-refractivity contribution in [2.45, 2.75) is 25.7 Å². The van der Waals surface area contributed by atoms with Crippen molar-refractivity contribution in [1.29, 1.82) is 0 Å². The van der Waals surface area contributed by atoms with Crippen LogP contribution in [0.4, 0.5) is 11.4 Å². The molecule has 0 atom stereocenters. The van der Waals surface area contributed by atoms with Gasteiger partial charge >= 0.3 is 5.97 Å². The van der Waals surface area contributed by atoms with Gasteiger partial charge in [0.05, 0.1) is 36.9 Å². The van der Waals surface area contributed by atoms with Crippen molar-refractivity contribution < 1.29 is 27.5 Å². The van der Waals surface area contributed by atoms with Crippen molar-refractivity contribution in [1.82, 2.24) is 4.31 Å². The van der Waals surface area contributed by atoms with Crippen LogP contribution in [0, 0.1) is 6.92 Å². The summed E-state index contributed by atoms with van der Waals surface area (Å²) in [5, 5.41) is 5.67. The van der Waals surface area contributed by atoms with E-state index in [0.717, 1.165) is 5.56 Å². The van der Waals surface area contributed by atoms with Gasteiger partial charge < -0.3 is 20.1 Å². The van der Waals surface area contributed by atoms with Gasteiger partial charge in [-0.05, 0) is 42.8 Å². The molecule has 0 saturated carbocycles. The number of rotatable bonds is 10. The number of aryl methyl sites for hydroxylation is 1. The molecule has 0 aromatic heterocycles. The fourth-order valence-electron chi connectivity index (χ4n) is 3.09. The second kappa shape index (κ2) is 11.0. The molecule has 9 nitrogen and oxygen atoms in total. The maximum Gasteiger partial charge on any atom is 0.337 e. The Balaban J connectivity index is 2.20. The highest BCUT2D eigenvalue weighted by atomic mass is 32.2. The lowest BCUT2D eigenvalue weighted by Crippen LogP contribution is -2.30. The molecule has 0 aliphatic heterocycles. The van der Waals surface area contributed by atoms with Gasteiger partial charge in [-0.1, -0.05) is 19.9 Å². The molecule has 2 N–H and O–H groups in total. The Hall–Kier alpha value is -3.11. The zero-order chi connectivity index (χ0) is 23.9. The molecular weight excluding hydrogens is 434 g/mol. The molecule has 0 bridgehead atoms. The molecule has 0 unspecified atom stereocenters. The minimum Gasteiger partial charge on any atom is -0.495 e. The molecule has 0 saturated heterocycles. The van der Waals surface area contributed by atoms with E-state index >= 15 is 0 Å². The molecule has 0 aliphatic rings. The average molecular weight is 464 g/mol. The Bertz CT molecular complexity index is 1080. The van der Waals surface area contributed by atoms with E-state index in [2.05, 4.69) is 10.6 Å². The zero-order valence-corrected chi connectivity index (χ0v) is 19.7. The number of carbonyl (C=O) groups is 2. The number of benzene rings is 2. The third-order valence-corrected chi connectivity index (χ3v) is 6.93. The van der Waals surface area contributed by atoms with E-state index in [9.17, 15) is 18.0 Å². The minimum absolute atomic E-state index is 0.0619. The Kier molecular flexibility index (Phi) is 8.62. The van der Waals surface area contributed by atoms with Crippen molar-refractivity contribution in [3.63, 3.8) is 0 Å². The number of nitrogens with one attached hydrogen (secondary N) is 2. The molecule has 2 aromatic rings. The topological polar surface area (TPSA) is 114 Å². The van der Waals surface area contributed by atoms with Crippen LogP contribution in [0.2, 0.25) is 0 Å². The van der Waals surface area contributed by atoms with Crippen LogP contribution < -0.4 is 15.4 Å². The third-order valence-electron chi connectivity index (χ3n) is 4.89. The first kappa shape index (κ1) is 25.2. The van der Waals surface area contributed by atoms with Crippen molar-refractivity contribution >= 4 is 33.3 Å². The molecule has 0 aliphatic carbocycles. The van der Waals surface area contributed by atoms with Crippen LogP contribution in [0.1, 0.15) is 29.8 Å². The lowest BCUT2D eigenvalue weighted by molar-refractivity contribution is -0.114. The second-order valence-electron chi connectivity index (χ2n) is 6.87. The van der Waals surface area contributed by atoms with Crippen molar-refractivity contribution in [2.24, 2.45) is 0 Å². The van der Waals surface area contributed by atoms with Crippen LogP contribution in [0.25, 0.3) is 0 Å². The summed E-state index contributed by atoms with van der Waals surface area (Å²) in [6.45, 7) is 5.92. The Labute approximate surface area is 188 Å². The summed E-state index contributed by atoms with van der Waals surface area (Å²) in [6, 6.07) is 9.32. The number of ether oxygens (including phenoxy) is 2. The van der Waals surface area contributed by atoms with Gasteiger partial charge in [-0.2, -0.15) is 4.31 Å². The smallest absolute Gasteiger partial charge is 0.337 e. The molecule has 0 fully saturated rings. The van der Waals surface area contributed by atoms with E-state index in [1.165, 1.54) is 36.7 Å². The summed E-state index contributed by atoms with van der Waals surface area (Å²) < 4.78 is 36.9. The second-order valence-corrected chi connectivity index (χ2v) is 8.81. The minimum atomic E-state index is -3.69. The first-order valence-corrected chi connectivity index (χ1v) is 11.5. The monoisotopic (exact) mass is 463 g/mol. The number of esters is 1. The largest absolute Gasteiger partial charge is 0.495 e. The average Bonchev–Trinajstić information content (AvgIpc) is 2.78. The maximum absolute atomic E-state index is 12.8. The van der Waals surface area contributed by atoms with Gasteiger partial charge in [-0.3, -0.25) is 4.79 Å². The highest BCUT2D eigenvalue weighted by Gasteiger charge is 2.23. The van der Waals surface area contributed by atoms with E-state index in [4.69, 9.17) is 9.47 Å². The molecule has 0 heterocycles. The maximum atomic E-state index is 12.8. The molecule has 10 heteroatoms. The zero-order valence-electron chi connectivity index (χ0n) is 18.9. The third kappa shape index (κ3) is 5.77. The van der Waals surface area contributed by atoms with E-state index in [-0.39, 0.29) is 17.1 Å². The number of carbonyl (C=O) groups excluding carboxylic acids is 2. The van der Waals surface area contributed by atoms with Gasteiger partial charge in [0.1, 0.15) is 5.75 Å². The number of sulfonamides is 1. The Morgan fingerprint density at radius 2 is 1.69 bits per heavy atom. The van der Waals surface area contributed by atoms with Crippen LogP contribution in [0.5, 0.6) is 5.75 Å². The van der Waals surface area contributed by atoms with Crippen LogP contribution in [0.3, 0.4) is 0 Å². The van der Waals surface area contributed by atoms with Crippen LogP contribution in [-0.4, -0.2) is 58.5 Å². The highest BCUT2D eigenvalue weighted by molar-refractivity contribution is 7.89. The summed E-state index contributed by atoms with van der Waals surface area (Å²) in [7, 11) is -0.963. The van der Waals surface area contributed by atoms with E-state index in [1.54, 1.807) is 32.0 Å². The van der Waals surface area contributed by atoms with Gasteiger partial charge in [0.2, 0.25) is 15.9 Å². The summed E-state index contributed by atoms with van der Waals surface area (Å²) in [5.74, 6) is -0.558. The molecular formula is C22H29N3O6S. The van der Waals surface area contributed by atoms with Crippen molar-refractivity contribution in [2.75, 3.05) is 44.5 Å². The predicted molar refractivity (Wildman–Crippen MR) is 123 cm³/mol. The quantitative estimate of drug-likeness (QED) is 0.521. The lowest BCUT2D eigenvalue weighted by Gasteiger charge is -2.19. The van der Waals surface area contributed by atoms with E-state index < -0.39 is 21.9 Å². The van der Waals surface area contributed by atoms with Gasteiger partial charge in [-0.25, -0.2) is 13.2 Å². The lowest BCUT2D eigenvalue weighted by atomic mass is 10.1. The van der Waals surface area contributed by atoms with E-state index in [0.29, 0.717) is 30.1 Å². The molecule has 0 spiro atoms. The van der Waals surface area contributed by atoms with Crippen molar-refractivity contribution in [3.8, 4) is 5.75 Å². The molecule has 2 aromatic carbocycles. The molecule has 32 heavy (non-hydrogen) atoms. The number of hydrogen-bond donors (Lipinski definition) is 2. The normalized spacial score (nSPS) is 11.2. The van der Waals surface area contributed by atoms with E-state index in [1.807, 2.05) is 6.92 Å². The summed E-state index contributed by atoms with van der Waals surface area (Å²) in [5.41, 5.74) is 2.05. The number of nitrogens with zero attached hydrogens (tertiary/aromatic N) is 1. The summed E-state index contributed by atoms with van der Waals surface area (Å²) in [4.78, 5) is 24.4. The Morgan fingerprint density at radius 3 is 2.28 bits per heavy atom. The molecule has 174 valence electrons. The molecule has 1 amide bonds. The first-order valence-electron chi connectivity index (χ1n) is 10.1. The SMILES string of the molecule is CCN(CC)S(=O)(=O)c1ccc(OC)c(NC(=O)CNc2cc(C(=O)OC)ccc2C)c1. The summed E-state index contributed by atoms with van der Waals surface area (Å²) in [6.07, 6.45) is 0. The molecule has 2 rings (SSSR count). The fourth-order valence-corrected chi connectivity index (χ4v) is 4.57. The summed E-state index contributed by atoms with van der Waals surface area (Å²) >= 11 is 0. The van der Waals surface area contributed by atoms with Gasteiger partial charge in [-0.15, -0.1) is 0 Å². The fraction of sp³-hybridized carbons (Fsp3) is 0.364. The number of anilines is 2. The standard InChI is InChI=1S/C22H29N3O6S/c1-6-25(7-2)32(28,29)17-10-11-20(30-4)19(13-17)24-21(26)14-23-18-12-16(22(27)31-5)9-8-15(18)3/h8-13,23H,6-7,14H2,1-5H3,(H,24,26). The van der Waals surface area contributed by atoms with Gasteiger partial charge in [0.15, 0.2) is 0 Å². The number of hydrogen-bond acceptors (Lipinski definition) is 7. The predicted octanol–water partition coefficient (Wildman–Crippen LogP) is 2.87. The van der Waals surface area contributed by atoms with Gasteiger partial charge in [0.25, 0.3) is 0 Å².